The van der Waals surface area contributed by atoms with E-state index < -0.39 is 0 Å². The lowest BCUT2D eigenvalue weighted by atomic mass is 10.1. The van der Waals surface area contributed by atoms with Gasteiger partial charge in [-0.1, -0.05) is 0 Å². The van der Waals surface area contributed by atoms with Crippen LogP contribution in [0.5, 0.6) is 11.5 Å². The average Bonchev–Trinajstić information content (AvgIpc) is 2.37. The van der Waals surface area contributed by atoms with Crippen LogP contribution in [0.15, 0.2) is 16.6 Å². The first-order chi connectivity index (χ1) is 9.97. The summed E-state index contributed by atoms with van der Waals surface area (Å²) in [5, 5.41) is 2.69. The minimum Gasteiger partial charge on any atom is -0.490 e. The second-order valence-corrected chi connectivity index (χ2v) is 5.62. The van der Waals surface area contributed by atoms with Crippen molar-refractivity contribution < 1.29 is 14.3 Å². The fourth-order valence-corrected chi connectivity index (χ4v) is 2.50. The van der Waals surface area contributed by atoms with E-state index in [1.54, 1.807) is 0 Å². The molecule has 5 nitrogen and oxygen atoms in total. The zero-order chi connectivity index (χ0) is 15.8. The fourth-order valence-electron chi connectivity index (χ4n) is 1.90. The molecule has 1 rings (SSSR count). The van der Waals surface area contributed by atoms with E-state index in [-0.39, 0.29) is 18.6 Å². The summed E-state index contributed by atoms with van der Waals surface area (Å²) in [6.07, 6.45) is 0.745. The van der Waals surface area contributed by atoms with Crippen molar-refractivity contribution in [1.82, 2.24) is 5.32 Å². The molecule has 0 aromatic heterocycles. The Hall–Kier alpha value is -1.27. The Morgan fingerprint density at radius 2 is 2.10 bits per heavy atom. The number of nitrogens with two attached hydrogens (primary N) is 1. The van der Waals surface area contributed by atoms with Crippen molar-refractivity contribution in [2.24, 2.45) is 5.73 Å². The Bertz CT molecular complexity index is 478. The van der Waals surface area contributed by atoms with Gasteiger partial charge in [-0.05, 0) is 60.8 Å². The van der Waals surface area contributed by atoms with E-state index in [0.29, 0.717) is 24.7 Å². The Morgan fingerprint density at radius 1 is 1.38 bits per heavy atom. The summed E-state index contributed by atoms with van der Waals surface area (Å²) < 4.78 is 11.9. The third kappa shape index (κ3) is 5.93. The number of benzene rings is 1. The summed E-state index contributed by atoms with van der Waals surface area (Å²) >= 11 is 3.47. The molecule has 0 aliphatic heterocycles. The lowest BCUT2D eigenvalue weighted by Crippen LogP contribution is -2.28. The van der Waals surface area contributed by atoms with Gasteiger partial charge in [0, 0.05) is 12.6 Å². The molecule has 1 atom stereocenters. The quantitative estimate of drug-likeness (QED) is 0.747. The van der Waals surface area contributed by atoms with Crippen LogP contribution >= 0.6 is 15.9 Å². The Kier molecular flexibility index (Phi) is 7.53. The van der Waals surface area contributed by atoms with Crippen molar-refractivity contribution in [2.45, 2.75) is 33.2 Å². The molecule has 0 heterocycles. The fraction of sp³-hybridized carbons (Fsp3) is 0.533. The predicted octanol–water partition coefficient (Wildman–Crippen LogP) is 2.25. The second kappa shape index (κ2) is 8.89. The van der Waals surface area contributed by atoms with Gasteiger partial charge in [0.05, 0.1) is 11.1 Å². The molecule has 0 bridgehead atoms. The Morgan fingerprint density at radius 3 is 2.67 bits per heavy atom. The molecule has 0 aliphatic carbocycles. The van der Waals surface area contributed by atoms with E-state index in [4.69, 9.17) is 15.2 Å². The first kappa shape index (κ1) is 17.8. The number of hydrogen-bond donors (Lipinski definition) is 2. The lowest BCUT2D eigenvalue weighted by Gasteiger charge is -2.16. The highest BCUT2D eigenvalue weighted by molar-refractivity contribution is 9.10. The molecule has 0 radical (unpaired) electrons. The van der Waals surface area contributed by atoms with Gasteiger partial charge in [0.2, 0.25) is 0 Å². The van der Waals surface area contributed by atoms with Crippen LogP contribution in [-0.4, -0.2) is 31.7 Å². The van der Waals surface area contributed by atoms with Gasteiger partial charge in [0.15, 0.2) is 18.1 Å². The average molecular weight is 359 g/mol. The van der Waals surface area contributed by atoms with E-state index in [9.17, 15) is 4.79 Å². The molecule has 0 saturated carbocycles. The first-order valence-electron chi connectivity index (χ1n) is 7.08. The molecular weight excluding hydrogens is 336 g/mol. The van der Waals surface area contributed by atoms with Gasteiger partial charge in [-0.15, -0.1) is 0 Å². The number of carbonyl (C=O) groups is 1. The van der Waals surface area contributed by atoms with E-state index in [1.807, 2.05) is 32.9 Å². The minimum atomic E-state index is -0.161. The maximum Gasteiger partial charge on any atom is 0.257 e. The van der Waals surface area contributed by atoms with Crippen LogP contribution in [0.25, 0.3) is 0 Å². The third-order valence-corrected chi connectivity index (χ3v) is 3.24. The van der Waals surface area contributed by atoms with Crippen LogP contribution in [0, 0.1) is 0 Å². The van der Waals surface area contributed by atoms with Crippen LogP contribution in [0.2, 0.25) is 0 Å². The normalized spacial score (nSPS) is 11.9. The van der Waals surface area contributed by atoms with Crippen LogP contribution in [-0.2, 0) is 11.2 Å². The molecule has 6 heteroatoms. The van der Waals surface area contributed by atoms with Crippen molar-refractivity contribution in [3.05, 3.63) is 22.2 Å². The Balaban J connectivity index is 2.92. The number of ether oxygens (including phenoxy) is 2. The maximum atomic E-state index is 11.5. The molecule has 21 heavy (non-hydrogen) atoms. The van der Waals surface area contributed by atoms with Crippen LogP contribution < -0.4 is 20.5 Å². The van der Waals surface area contributed by atoms with Gasteiger partial charge in [0.25, 0.3) is 5.91 Å². The van der Waals surface area contributed by atoms with Gasteiger partial charge in [-0.2, -0.15) is 0 Å². The van der Waals surface area contributed by atoms with Crippen molar-refractivity contribution in [1.29, 1.82) is 0 Å². The summed E-state index contributed by atoms with van der Waals surface area (Å²) in [4.78, 5) is 11.5. The predicted molar refractivity (Wildman–Crippen MR) is 86.8 cm³/mol. The summed E-state index contributed by atoms with van der Waals surface area (Å²) in [7, 11) is 0. The number of likely N-dealkylation sites (N-methyl/N-ethyl adjacent to an activating group) is 1. The lowest BCUT2D eigenvalue weighted by molar-refractivity contribution is -0.123. The molecule has 1 aromatic carbocycles. The molecule has 0 aliphatic rings. The molecule has 0 saturated heterocycles. The van der Waals surface area contributed by atoms with Crippen molar-refractivity contribution in [2.75, 3.05) is 19.8 Å². The van der Waals surface area contributed by atoms with Crippen molar-refractivity contribution >= 4 is 21.8 Å². The van der Waals surface area contributed by atoms with Crippen molar-refractivity contribution in [3.8, 4) is 11.5 Å². The molecule has 0 fully saturated rings. The number of rotatable bonds is 8. The standard InChI is InChI=1S/C15H23BrN2O3/c1-4-18-14(19)9-21-15-12(16)7-11(6-10(3)17)8-13(15)20-5-2/h7-8,10H,4-6,9,17H2,1-3H3,(H,18,19). The second-order valence-electron chi connectivity index (χ2n) is 4.76. The summed E-state index contributed by atoms with van der Waals surface area (Å²) in [5.74, 6) is 0.995. The summed E-state index contributed by atoms with van der Waals surface area (Å²) in [6, 6.07) is 3.91. The summed E-state index contributed by atoms with van der Waals surface area (Å²) in [5.41, 5.74) is 6.89. The van der Waals surface area contributed by atoms with Crippen molar-refractivity contribution in [3.63, 3.8) is 0 Å². The van der Waals surface area contributed by atoms with Gasteiger partial charge in [-0.25, -0.2) is 0 Å². The largest absolute Gasteiger partial charge is 0.490 e. The molecule has 3 N–H and O–H groups in total. The van der Waals surface area contributed by atoms with E-state index in [0.717, 1.165) is 16.5 Å². The smallest absolute Gasteiger partial charge is 0.257 e. The SMILES string of the molecule is CCNC(=O)COc1c(Br)cc(CC(C)N)cc1OCC. The first-order valence-corrected chi connectivity index (χ1v) is 7.87. The number of hydrogen-bond acceptors (Lipinski definition) is 4. The van der Waals surface area contributed by atoms with Gasteiger partial charge >= 0.3 is 0 Å². The number of amides is 1. The molecule has 1 amide bonds. The highest BCUT2D eigenvalue weighted by Crippen LogP contribution is 2.37. The molecule has 0 spiro atoms. The third-order valence-electron chi connectivity index (χ3n) is 2.65. The monoisotopic (exact) mass is 358 g/mol. The highest BCUT2D eigenvalue weighted by Gasteiger charge is 2.14. The topological polar surface area (TPSA) is 73.6 Å². The van der Waals surface area contributed by atoms with E-state index >= 15 is 0 Å². The number of carbonyl (C=O) groups excluding carboxylic acids is 1. The highest BCUT2D eigenvalue weighted by atomic mass is 79.9. The zero-order valence-corrected chi connectivity index (χ0v) is 14.3. The molecule has 1 aromatic rings. The molecule has 1 unspecified atom stereocenters. The number of nitrogens with one attached hydrogen (secondary N) is 1. The summed E-state index contributed by atoms with van der Waals surface area (Å²) in [6.45, 7) is 6.77. The minimum absolute atomic E-state index is 0.0425. The Labute approximate surface area is 134 Å². The maximum absolute atomic E-state index is 11.5. The van der Waals surface area contributed by atoms with E-state index in [2.05, 4.69) is 21.2 Å². The van der Waals surface area contributed by atoms with Crippen LogP contribution in [0.3, 0.4) is 0 Å². The van der Waals surface area contributed by atoms with Crippen LogP contribution in [0.1, 0.15) is 26.3 Å². The van der Waals surface area contributed by atoms with Crippen LogP contribution in [0.4, 0.5) is 0 Å². The molecule has 118 valence electrons. The van der Waals surface area contributed by atoms with E-state index in [1.165, 1.54) is 0 Å². The molecular formula is C15H23BrN2O3. The van der Waals surface area contributed by atoms with Gasteiger partial charge in [0.1, 0.15) is 0 Å². The zero-order valence-electron chi connectivity index (χ0n) is 12.7. The number of halogens is 1. The van der Waals surface area contributed by atoms with Gasteiger partial charge < -0.3 is 20.5 Å². The van der Waals surface area contributed by atoms with Gasteiger partial charge in [-0.3, -0.25) is 4.79 Å².